The average molecular weight is 587 g/mol. The predicted octanol–water partition coefficient (Wildman–Crippen LogP) is 7.81. The van der Waals surface area contributed by atoms with Crippen molar-refractivity contribution in [1.29, 1.82) is 0 Å². The molecule has 0 aliphatic heterocycles. The summed E-state index contributed by atoms with van der Waals surface area (Å²) in [5, 5.41) is 0. The summed E-state index contributed by atoms with van der Waals surface area (Å²) in [5.74, 6) is -0.951. The van der Waals surface area contributed by atoms with E-state index in [4.69, 9.17) is 18.9 Å². The number of allylic oxidation sites excluding steroid dienone is 2. The topological polar surface area (TPSA) is 105 Å². The van der Waals surface area contributed by atoms with Gasteiger partial charge in [0.25, 0.3) is 0 Å². The lowest BCUT2D eigenvalue weighted by atomic mass is 9.76. The number of Topliss-reactive ketones (excluding diaryl/α,β-unsaturated/α-hetero) is 2. The van der Waals surface area contributed by atoms with Crippen LogP contribution >= 0.6 is 0 Å². The van der Waals surface area contributed by atoms with Crippen LogP contribution in [0.25, 0.3) is 11.5 Å². The summed E-state index contributed by atoms with van der Waals surface area (Å²) >= 11 is 0. The van der Waals surface area contributed by atoms with E-state index in [1.165, 1.54) is 0 Å². The fourth-order valence-electron chi connectivity index (χ4n) is 5.22. The van der Waals surface area contributed by atoms with E-state index in [9.17, 15) is 19.2 Å². The van der Waals surface area contributed by atoms with E-state index in [2.05, 4.69) is 0 Å². The summed E-state index contributed by atoms with van der Waals surface area (Å²) in [4.78, 5) is 54.5. The first-order chi connectivity index (χ1) is 21.3. The quantitative estimate of drug-likeness (QED) is 0.172. The normalized spacial score (nSPS) is 13.5. The number of ether oxygens (including phenoxy) is 4. The molecule has 6 rings (SSSR count). The molecule has 0 heterocycles. The summed E-state index contributed by atoms with van der Waals surface area (Å²) in [6.45, 7) is 5.48. The molecule has 4 aromatic carbocycles. The van der Waals surface area contributed by atoms with Crippen LogP contribution in [0.15, 0.2) is 102 Å². The van der Waals surface area contributed by atoms with Gasteiger partial charge in [0.2, 0.25) is 0 Å². The molecule has 0 unspecified atom stereocenters. The Morgan fingerprint density at radius 1 is 0.545 bits per heavy atom. The van der Waals surface area contributed by atoms with Gasteiger partial charge in [0, 0.05) is 22.3 Å². The molecule has 8 heteroatoms. The zero-order chi connectivity index (χ0) is 31.0. The van der Waals surface area contributed by atoms with Gasteiger partial charge in [-0.2, -0.15) is 0 Å². The van der Waals surface area contributed by atoms with Gasteiger partial charge in [-0.1, -0.05) is 79.7 Å². The molecule has 218 valence electrons. The Labute approximate surface area is 253 Å². The van der Waals surface area contributed by atoms with Gasteiger partial charge >= 0.3 is 12.3 Å². The van der Waals surface area contributed by atoms with Crippen molar-refractivity contribution in [2.45, 2.75) is 27.2 Å². The number of ketones is 2. The SMILES string of the molecule is CCc1ccc2c(c1)C(OC(=O)Oc1ccccc1C)=C1C(=O)c3ccccc3C(OC(=O)Oc3ccccc3C)=C1C2=O. The molecule has 8 nitrogen and oxygen atoms in total. The second-order valence-electron chi connectivity index (χ2n) is 10.3. The second kappa shape index (κ2) is 11.5. The number of hydrogen-bond donors (Lipinski definition) is 0. The first kappa shape index (κ1) is 28.4. The van der Waals surface area contributed by atoms with Crippen LogP contribution in [0.1, 0.15) is 55.5 Å². The number of hydrogen-bond acceptors (Lipinski definition) is 8. The molecule has 0 aromatic heterocycles. The molecule has 0 spiro atoms. The average Bonchev–Trinajstić information content (AvgIpc) is 3.02. The molecule has 0 amide bonds. The number of fused-ring (bicyclic) bond motifs is 3. The van der Waals surface area contributed by atoms with Crippen LogP contribution in [0.3, 0.4) is 0 Å². The number of carbonyl (C=O) groups is 4. The highest BCUT2D eigenvalue weighted by molar-refractivity contribution is 6.34. The van der Waals surface area contributed by atoms with Gasteiger partial charge in [0.05, 0.1) is 11.1 Å². The highest BCUT2D eigenvalue weighted by Crippen LogP contribution is 2.45. The van der Waals surface area contributed by atoms with Gasteiger partial charge in [-0.25, -0.2) is 9.59 Å². The molecule has 4 aromatic rings. The first-order valence-corrected chi connectivity index (χ1v) is 14.0. The van der Waals surface area contributed by atoms with Crippen LogP contribution in [0.5, 0.6) is 11.5 Å². The highest BCUT2D eigenvalue weighted by atomic mass is 16.7. The Kier molecular flexibility index (Phi) is 7.41. The largest absolute Gasteiger partial charge is 0.519 e. The van der Waals surface area contributed by atoms with E-state index in [0.29, 0.717) is 17.5 Å². The molecule has 2 aliphatic carbocycles. The van der Waals surface area contributed by atoms with Crippen molar-refractivity contribution in [3.8, 4) is 11.5 Å². The standard InChI is InChI=1S/C36H26O8/c1-4-22-17-18-24-26(19-22)34(44-36(40)42-28-16-10-6-12-21(28)3)30-29(32(24)38)33(25-14-8-7-13-23(25)31(30)37)43-35(39)41-27-15-9-5-11-20(27)2/h5-19H,4H2,1-3H3. The number of rotatable bonds is 5. The van der Waals surface area contributed by atoms with E-state index >= 15 is 0 Å². The van der Waals surface area contributed by atoms with Gasteiger partial charge in [-0.15, -0.1) is 0 Å². The minimum Gasteiger partial charge on any atom is -0.394 e. The molecule has 0 saturated heterocycles. The lowest BCUT2D eigenvalue weighted by molar-refractivity contribution is 0.0979. The molecular formula is C36H26O8. The smallest absolute Gasteiger partial charge is 0.394 e. The second-order valence-corrected chi connectivity index (χ2v) is 10.3. The fourth-order valence-corrected chi connectivity index (χ4v) is 5.22. The van der Waals surface area contributed by atoms with Gasteiger partial charge in [-0.05, 0) is 55.2 Å². The van der Waals surface area contributed by atoms with Crippen molar-refractivity contribution >= 4 is 35.4 Å². The van der Waals surface area contributed by atoms with Crippen LogP contribution < -0.4 is 9.47 Å². The lowest BCUT2D eigenvalue weighted by Gasteiger charge is -2.29. The summed E-state index contributed by atoms with van der Waals surface area (Å²) in [5.41, 5.74) is 2.60. The van der Waals surface area contributed by atoms with E-state index in [1.807, 2.05) is 6.92 Å². The van der Waals surface area contributed by atoms with Crippen LogP contribution in [0.4, 0.5) is 9.59 Å². The van der Waals surface area contributed by atoms with E-state index in [1.54, 1.807) is 105 Å². The van der Waals surface area contributed by atoms with E-state index < -0.39 is 23.9 Å². The molecule has 0 fully saturated rings. The third-order valence-electron chi connectivity index (χ3n) is 7.50. The Hall–Kier alpha value is -5.76. The molecule has 0 atom stereocenters. The minimum atomic E-state index is -1.10. The molecule has 44 heavy (non-hydrogen) atoms. The summed E-state index contributed by atoms with van der Waals surface area (Å²) < 4.78 is 22.5. The molecule has 0 saturated carbocycles. The minimum absolute atomic E-state index is 0.154. The number of para-hydroxylation sites is 2. The lowest BCUT2D eigenvalue weighted by Crippen LogP contribution is -2.29. The molecule has 0 radical (unpaired) electrons. The molecule has 0 bridgehead atoms. The zero-order valence-corrected chi connectivity index (χ0v) is 24.1. The zero-order valence-electron chi connectivity index (χ0n) is 24.1. The molecule has 2 aliphatic rings. The summed E-state index contributed by atoms with van der Waals surface area (Å²) in [6.07, 6.45) is -1.58. The van der Waals surface area contributed by atoms with E-state index in [-0.39, 0.29) is 56.4 Å². The monoisotopic (exact) mass is 586 g/mol. The van der Waals surface area contributed by atoms with Gasteiger partial charge in [0.15, 0.2) is 23.1 Å². The third kappa shape index (κ3) is 5.07. The fraction of sp³-hybridized carbons (Fsp3) is 0.111. The number of aryl methyl sites for hydroxylation is 3. The Morgan fingerprint density at radius 2 is 1.00 bits per heavy atom. The van der Waals surface area contributed by atoms with Gasteiger partial charge in [-0.3, -0.25) is 9.59 Å². The first-order valence-electron chi connectivity index (χ1n) is 14.0. The summed E-state index contributed by atoms with van der Waals surface area (Å²) in [6, 6.07) is 25.3. The summed E-state index contributed by atoms with van der Waals surface area (Å²) in [7, 11) is 0. The Morgan fingerprint density at radius 3 is 1.52 bits per heavy atom. The maximum absolute atomic E-state index is 14.1. The Balaban J connectivity index is 1.52. The van der Waals surface area contributed by atoms with Crippen molar-refractivity contribution in [1.82, 2.24) is 0 Å². The van der Waals surface area contributed by atoms with Crippen molar-refractivity contribution in [3.63, 3.8) is 0 Å². The third-order valence-corrected chi connectivity index (χ3v) is 7.50. The van der Waals surface area contributed by atoms with Crippen molar-refractivity contribution in [2.75, 3.05) is 0 Å². The molecular weight excluding hydrogens is 560 g/mol. The number of carbonyl (C=O) groups excluding carboxylic acids is 4. The van der Waals surface area contributed by atoms with E-state index in [0.717, 1.165) is 5.56 Å². The maximum atomic E-state index is 14.1. The van der Waals surface area contributed by atoms with Crippen molar-refractivity contribution in [3.05, 3.63) is 141 Å². The highest BCUT2D eigenvalue weighted by Gasteiger charge is 2.43. The molecule has 0 N–H and O–H groups in total. The van der Waals surface area contributed by atoms with Crippen LogP contribution in [0.2, 0.25) is 0 Å². The number of benzene rings is 4. The van der Waals surface area contributed by atoms with Gasteiger partial charge in [0.1, 0.15) is 11.5 Å². The predicted molar refractivity (Wildman–Crippen MR) is 161 cm³/mol. The van der Waals surface area contributed by atoms with Gasteiger partial charge < -0.3 is 18.9 Å². The van der Waals surface area contributed by atoms with Crippen molar-refractivity contribution in [2.24, 2.45) is 0 Å². The van der Waals surface area contributed by atoms with Crippen molar-refractivity contribution < 1.29 is 38.1 Å². The van der Waals surface area contributed by atoms with Crippen LogP contribution in [-0.2, 0) is 15.9 Å². The van der Waals surface area contributed by atoms with Crippen LogP contribution in [0, 0.1) is 13.8 Å². The maximum Gasteiger partial charge on any atom is 0.519 e. The Bertz CT molecular complexity index is 1950. The van der Waals surface area contributed by atoms with Crippen LogP contribution in [-0.4, -0.2) is 23.9 Å².